The van der Waals surface area contributed by atoms with Crippen molar-refractivity contribution in [1.82, 2.24) is 0 Å². The van der Waals surface area contributed by atoms with Crippen molar-refractivity contribution in [1.29, 1.82) is 0 Å². The van der Waals surface area contributed by atoms with Gasteiger partial charge in [0.2, 0.25) is 0 Å². The lowest BCUT2D eigenvalue weighted by Gasteiger charge is -2.65. The summed E-state index contributed by atoms with van der Waals surface area (Å²) >= 11 is 0. The normalized spacial score (nSPS) is 52.5. The van der Waals surface area contributed by atoms with Gasteiger partial charge >= 0.3 is 0 Å². The average Bonchev–Trinajstić information content (AvgIpc) is 2.84. The van der Waals surface area contributed by atoms with Gasteiger partial charge in [-0.05, 0) is 55.6 Å². The number of hydrogen-bond acceptors (Lipinski definition) is 5. The highest BCUT2D eigenvalue weighted by molar-refractivity contribution is 6.01. The van der Waals surface area contributed by atoms with Crippen LogP contribution in [0.2, 0.25) is 0 Å². The molecule has 0 saturated heterocycles. The van der Waals surface area contributed by atoms with Gasteiger partial charge in [0.05, 0.1) is 6.10 Å². The molecule has 0 spiro atoms. The molecule has 0 bridgehead atoms. The molecule has 0 unspecified atom stereocenters. The summed E-state index contributed by atoms with van der Waals surface area (Å²) in [5.41, 5.74) is -2.22. The van der Waals surface area contributed by atoms with Crippen molar-refractivity contribution in [3.63, 3.8) is 0 Å². The van der Waals surface area contributed by atoms with Gasteiger partial charge in [-0.1, -0.05) is 39.3 Å². The molecule has 3 N–H and O–H groups in total. The number of fused-ring (bicyclic) bond motifs is 5. The molecule has 0 aromatic rings. The SMILES string of the molecule is C[C@H]1C[C@H]2[C@@H]3CCC4=CC(=O)C=C[C@]4(C)[C@@]3(C)[C@H](O)C[C@]2(C)[C@@]1(O)C(=O)CO. The molecule has 0 aromatic carbocycles. The van der Waals surface area contributed by atoms with Gasteiger partial charge in [0.1, 0.15) is 12.2 Å². The van der Waals surface area contributed by atoms with Crippen LogP contribution in [0.3, 0.4) is 0 Å². The van der Waals surface area contributed by atoms with Crippen molar-refractivity contribution in [2.45, 2.75) is 65.1 Å². The summed E-state index contributed by atoms with van der Waals surface area (Å²) in [5, 5.41) is 32.5. The Kier molecular flexibility index (Phi) is 4.19. The smallest absolute Gasteiger partial charge is 0.190 e. The van der Waals surface area contributed by atoms with E-state index in [1.807, 2.05) is 19.9 Å². The number of allylic oxidation sites excluding steroid dienone is 4. The topological polar surface area (TPSA) is 94.8 Å². The van der Waals surface area contributed by atoms with Crippen molar-refractivity contribution < 1.29 is 24.9 Å². The van der Waals surface area contributed by atoms with Crippen LogP contribution in [0.1, 0.15) is 53.4 Å². The van der Waals surface area contributed by atoms with E-state index in [1.165, 1.54) is 0 Å². The van der Waals surface area contributed by atoms with Crippen LogP contribution in [0.5, 0.6) is 0 Å². The molecule has 0 aromatic heterocycles. The van der Waals surface area contributed by atoms with E-state index >= 15 is 0 Å². The largest absolute Gasteiger partial charge is 0.392 e. The summed E-state index contributed by atoms with van der Waals surface area (Å²) in [6.45, 7) is 7.35. The Bertz CT molecular complexity index is 799. The second-order valence-electron chi connectivity index (χ2n) is 10.3. The molecule has 8 atom stereocenters. The highest BCUT2D eigenvalue weighted by Gasteiger charge is 2.73. The Morgan fingerprint density at radius 3 is 2.57 bits per heavy atom. The Labute approximate surface area is 166 Å². The molecule has 28 heavy (non-hydrogen) atoms. The van der Waals surface area contributed by atoms with E-state index in [4.69, 9.17) is 0 Å². The third-order valence-electron chi connectivity index (χ3n) is 9.55. The van der Waals surface area contributed by atoms with Crippen LogP contribution < -0.4 is 0 Å². The standard InChI is InChI=1S/C23H32O5/c1-13-9-17-16-6-5-14-10-15(25)7-8-20(14,2)22(16,4)18(26)11-21(17,3)23(13,28)19(27)12-24/h7-8,10,13,16-18,24,26,28H,5-6,9,11-12H2,1-4H3/t13-,16-,17-,18+,20-,21-,22+,23-/m0/s1. The van der Waals surface area contributed by atoms with E-state index in [2.05, 4.69) is 13.8 Å². The van der Waals surface area contributed by atoms with Crippen molar-refractivity contribution in [3.05, 3.63) is 23.8 Å². The predicted molar refractivity (Wildman–Crippen MR) is 104 cm³/mol. The molecule has 0 heterocycles. The number of carbonyl (C=O) groups excluding carboxylic acids is 2. The highest BCUT2D eigenvalue weighted by atomic mass is 16.3. The molecule has 4 aliphatic rings. The first-order chi connectivity index (χ1) is 13.0. The molecule has 5 nitrogen and oxygen atoms in total. The second kappa shape index (κ2) is 5.87. The zero-order valence-electron chi connectivity index (χ0n) is 17.2. The number of hydrogen-bond donors (Lipinski definition) is 3. The zero-order valence-corrected chi connectivity index (χ0v) is 17.2. The molecule has 154 valence electrons. The zero-order chi connectivity index (χ0) is 20.7. The minimum Gasteiger partial charge on any atom is -0.392 e. The third kappa shape index (κ3) is 2.03. The van der Waals surface area contributed by atoms with Gasteiger partial charge in [0.15, 0.2) is 11.6 Å². The molecule has 3 saturated carbocycles. The van der Waals surface area contributed by atoms with Crippen LogP contribution in [-0.2, 0) is 9.59 Å². The Hall–Kier alpha value is -1.30. The Balaban J connectivity index is 1.84. The van der Waals surface area contributed by atoms with E-state index in [-0.39, 0.29) is 23.5 Å². The van der Waals surface area contributed by atoms with Gasteiger partial charge in [-0.15, -0.1) is 0 Å². The van der Waals surface area contributed by atoms with Crippen LogP contribution in [0.25, 0.3) is 0 Å². The molecule has 3 fully saturated rings. The maximum atomic E-state index is 12.6. The number of Topliss-reactive ketones (excluding diaryl/α,β-unsaturated/α-hetero) is 1. The van der Waals surface area contributed by atoms with Crippen LogP contribution >= 0.6 is 0 Å². The fraction of sp³-hybridized carbons (Fsp3) is 0.739. The molecular formula is C23H32O5. The van der Waals surface area contributed by atoms with E-state index < -0.39 is 40.3 Å². The molecule has 0 amide bonds. The summed E-state index contributed by atoms with van der Waals surface area (Å²) in [7, 11) is 0. The summed E-state index contributed by atoms with van der Waals surface area (Å²) < 4.78 is 0. The predicted octanol–water partition coefficient (Wildman–Crippen LogP) is 2.19. The average molecular weight is 389 g/mol. The van der Waals surface area contributed by atoms with Gasteiger partial charge in [-0.3, -0.25) is 9.59 Å². The summed E-state index contributed by atoms with van der Waals surface area (Å²) in [5.74, 6) is -0.622. The van der Waals surface area contributed by atoms with Gasteiger partial charge in [-0.25, -0.2) is 0 Å². The number of ketones is 2. The highest BCUT2D eigenvalue weighted by Crippen LogP contribution is 2.72. The minimum absolute atomic E-state index is 0.00192. The Morgan fingerprint density at radius 2 is 1.93 bits per heavy atom. The molecular weight excluding hydrogens is 356 g/mol. The maximum absolute atomic E-state index is 12.6. The molecule has 0 aliphatic heterocycles. The first-order valence-electron chi connectivity index (χ1n) is 10.5. The molecule has 5 heteroatoms. The minimum atomic E-state index is -1.62. The first kappa shape index (κ1) is 20.0. The molecule has 0 radical (unpaired) electrons. The summed E-state index contributed by atoms with van der Waals surface area (Å²) in [4.78, 5) is 24.6. The monoisotopic (exact) mass is 388 g/mol. The van der Waals surface area contributed by atoms with Crippen molar-refractivity contribution in [3.8, 4) is 0 Å². The summed E-state index contributed by atoms with van der Waals surface area (Å²) in [6, 6.07) is 0. The van der Waals surface area contributed by atoms with Gasteiger partial charge in [0.25, 0.3) is 0 Å². The third-order valence-corrected chi connectivity index (χ3v) is 9.55. The van der Waals surface area contributed by atoms with Gasteiger partial charge in [0, 0.05) is 16.2 Å². The van der Waals surface area contributed by atoms with Crippen LogP contribution in [0, 0.1) is 34.0 Å². The van der Waals surface area contributed by atoms with Crippen molar-refractivity contribution in [2.75, 3.05) is 6.61 Å². The first-order valence-corrected chi connectivity index (χ1v) is 10.5. The van der Waals surface area contributed by atoms with E-state index in [0.29, 0.717) is 12.8 Å². The second-order valence-corrected chi connectivity index (χ2v) is 10.3. The maximum Gasteiger partial charge on any atom is 0.190 e. The number of rotatable bonds is 2. The van der Waals surface area contributed by atoms with Crippen molar-refractivity contribution in [2.24, 2.45) is 34.0 Å². The fourth-order valence-corrected chi connectivity index (χ4v) is 7.69. The molecule has 4 rings (SSSR count). The fourth-order valence-electron chi connectivity index (χ4n) is 7.69. The van der Waals surface area contributed by atoms with Crippen LogP contribution in [0.15, 0.2) is 23.8 Å². The summed E-state index contributed by atoms with van der Waals surface area (Å²) in [6.07, 6.45) is 7.19. The van der Waals surface area contributed by atoms with Crippen molar-refractivity contribution >= 4 is 11.6 Å². The Morgan fingerprint density at radius 1 is 1.25 bits per heavy atom. The quantitative estimate of drug-likeness (QED) is 0.674. The lowest BCUT2D eigenvalue weighted by molar-refractivity contribution is -0.208. The lowest BCUT2D eigenvalue weighted by Crippen LogP contribution is -2.66. The van der Waals surface area contributed by atoms with E-state index in [1.54, 1.807) is 12.2 Å². The number of carbonyl (C=O) groups is 2. The van der Waals surface area contributed by atoms with E-state index in [9.17, 15) is 24.9 Å². The lowest BCUT2D eigenvalue weighted by atomic mass is 9.39. The van der Waals surface area contributed by atoms with Gasteiger partial charge in [-0.2, -0.15) is 0 Å². The van der Waals surface area contributed by atoms with Gasteiger partial charge < -0.3 is 15.3 Å². The molecule has 4 aliphatic carbocycles. The van der Waals surface area contributed by atoms with E-state index in [0.717, 1.165) is 18.4 Å². The number of aliphatic hydroxyl groups excluding tert-OH is 2. The van der Waals surface area contributed by atoms with Crippen LogP contribution in [0.4, 0.5) is 0 Å². The number of aliphatic hydroxyl groups is 3. The van der Waals surface area contributed by atoms with Crippen LogP contribution in [-0.4, -0.2) is 45.2 Å².